The zero-order valence-corrected chi connectivity index (χ0v) is 17.7. The molecule has 0 aliphatic carbocycles. The summed E-state index contributed by atoms with van der Waals surface area (Å²) in [6.45, 7) is 2.65. The van der Waals surface area contributed by atoms with Gasteiger partial charge in [-0.25, -0.2) is 0 Å². The fourth-order valence-electron chi connectivity index (χ4n) is 2.63. The third-order valence-electron chi connectivity index (χ3n) is 4.26. The van der Waals surface area contributed by atoms with Crippen LogP contribution in [-0.4, -0.2) is 4.92 Å². The Morgan fingerprint density at radius 2 is 1.59 bits per heavy atom. The Bertz CT molecular complexity index is 1020. The van der Waals surface area contributed by atoms with E-state index >= 15 is 0 Å². The molecule has 8 heteroatoms. The Morgan fingerprint density at radius 1 is 0.931 bits per heavy atom. The first kappa shape index (κ1) is 21.2. The van der Waals surface area contributed by atoms with Gasteiger partial charge in [0.1, 0.15) is 6.61 Å². The number of nitro groups is 1. The SMILES string of the molecule is Cc1ccc(NCc2cc(Cl)c(OCc3ccc([N+](=O)[O-])cc3)c(Cl)c2)cc1Cl. The zero-order chi connectivity index (χ0) is 21.0. The van der Waals surface area contributed by atoms with Gasteiger partial charge in [-0.05, 0) is 60.0 Å². The molecule has 0 aromatic heterocycles. The third kappa shape index (κ3) is 5.54. The highest BCUT2D eigenvalue weighted by molar-refractivity contribution is 6.37. The Kier molecular flexibility index (Phi) is 6.85. The molecule has 0 heterocycles. The van der Waals surface area contributed by atoms with E-state index < -0.39 is 4.92 Å². The van der Waals surface area contributed by atoms with Gasteiger partial charge in [-0.3, -0.25) is 10.1 Å². The number of anilines is 1. The number of nitrogens with one attached hydrogen (secondary N) is 1. The number of benzene rings is 3. The molecule has 0 spiro atoms. The average Bonchev–Trinajstić information content (AvgIpc) is 2.68. The second-order valence-electron chi connectivity index (χ2n) is 6.42. The number of hydrogen-bond donors (Lipinski definition) is 1. The van der Waals surface area contributed by atoms with E-state index in [4.69, 9.17) is 39.5 Å². The normalized spacial score (nSPS) is 10.6. The summed E-state index contributed by atoms with van der Waals surface area (Å²) in [6, 6.07) is 15.4. The molecule has 3 aromatic rings. The maximum atomic E-state index is 10.7. The van der Waals surface area contributed by atoms with E-state index in [9.17, 15) is 10.1 Å². The van der Waals surface area contributed by atoms with Gasteiger partial charge < -0.3 is 10.1 Å². The summed E-state index contributed by atoms with van der Waals surface area (Å²) in [5, 5.41) is 15.5. The summed E-state index contributed by atoms with van der Waals surface area (Å²) in [6.07, 6.45) is 0. The van der Waals surface area contributed by atoms with Crippen molar-refractivity contribution in [3.63, 3.8) is 0 Å². The Morgan fingerprint density at radius 3 is 2.17 bits per heavy atom. The van der Waals surface area contributed by atoms with Crippen LogP contribution in [0.5, 0.6) is 5.75 Å². The van der Waals surface area contributed by atoms with Crippen LogP contribution in [0, 0.1) is 17.0 Å². The van der Waals surface area contributed by atoms with Crippen LogP contribution in [0.3, 0.4) is 0 Å². The van der Waals surface area contributed by atoms with E-state index in [0.29, 0.717) is 27.4 Å². The molecule has 0 saturated carbocycles. The average molecular weight is 452 g/mol. The van der Waals surface area contributed by atoms with Gasteiger partial charge in [0.05, 0.1) is 15.0 Å². The maximum absolute atomic E-state index is 10.7. The van der Waals surface area contributed by atoms with Gasteiger partial charge in [0, 0.05) is 29.4 Å². The molecule has 0 aliphatic rings. The molecular weight excluding hydrogens is 435 g/mol. The lowest BCUT2D eigenvalue weighted by molar-refractivity contribution is -0.384. The van der Waals surface area contributed by atoms with Crippen LogP contribution < -0.4 is 10.1 Å². The molecule has 0 radical (unpaired) electrons. The molecule has 1 N–H and O–H groups in total. The lowest BCUT2D eigenvalue weighted by Gasteiger charge is -2.13. The molecule has 3 aromatic carbocycles. The van der Waals surface area contributed by atoms with Gasteiger partial charge in [0.25, 0.3) is 5.69 Å². The number of non-ortho nitro benzene ring substituents is 1. The number of nitro benzene ring substituents is 1. The number of nitrogens with zero attached hydrogens (tertiary/aromatic N) is 1. The lowest BCUT2D eigenvalue weighted by atomic mass is 10.2. The van der Waals surface area contributed by atoms with Crippen LogP contribution in [0.15, 0.2) is 54.6 Å². The molecule has 150 valence electrons. The van der Waals surface area contributed by atoms with Crippen molar-refractivity contribution in [3.05, 3.63) is 96.5 Å². The second-order valence-corrected chi connectivity index (χ2v) is 7.64. The molecule has 0 saturated heterocycles. The summed E-state index contributed by atoms with van der Waals surface area (Å²) in [7, 11) is 0. The van der Waals surface area contributed by atoms with Crippen LogP contribution in [0.25, 0.3) is 0 Å². The molecule has 0 fully saturated rings. The molecule has 3 rings (SSSR count). The fourth-order valence-corrected chi connectivity index (χ4v) is 3.45. The van der Waals surface area contributed by atoms with E-state index in [2.05, 4.69) is 5.32 Å². The van der Waals surface area contributed by atoms with Crippen molar-refractivity contribution in [2.24, 2.45) is 0 Å². The summed E-state index contributed by atoms with van der Waals surface area (Å²) in [5.41, 5.74) is 3.59. The number of halogens is 3. The molecule has 0 amide bonds. The molecule has 0 atom stereocenters. The van der Waals surface area contributed by atoms with Gasteiger partial charge in [-0.1, -0.05) is 40.9 Å². The first-order valence-electron chi connectivity index (χ1n) is 8.67. The summed E-state index contributed by atoms with van der Waals surface area (Å²) in [4.78, 5) is 10.3. The lowest BCUT2D eigenvalue weighted by Crippen LogP contribution is -2.01. The summed E-state index contributed by atoms with van der Waals surface area (Å²) in [5.74, 6) is 0.369. The van der Waals surface area contributed by atoms with E-state index in [0.717, 1.165) is 22.4 Å². The highest BCUT2D eigenvalue weighted by Gasteiger charge is 2.11. The smallest absolute Gasteiger partial charge is 0.269 e. The van der Waals surface area contributed by atoms with E-state index in [1.165, 1.54) is 12.1 Å². The standard InChI is InChI=1S/C21H17Cl3N2O3/c1-13-2-5-16(10-18(13)22)25-11-15-8-19(23)21(20(24)9-15)29-12-14-3-6-17(7-4-14)26(27)28/h2-10,25H,11-12H2,1H3. The summed E-state index contributed by atoms with van der Waals surface area (Å²) < 4.78 is 5.73. The summed E-state index contributed by atoms with van der Waals surface area (Å²) >= 11 is 18.8. The second kappa shape index (κ2) is 9.35. The van der Waals surface area contributed by atoms with E-state index in [1.807, 2.05) is 25.1 Å². The van der Waals surface area contributed by atoms with Crippen molar-refractivity contribution in [2.75, 3.05) is 5.32 Å². The highest BCUT2D eigenvalue weighted by atomic mass is 35.5. The van der Waals surface area contributed by atoms with Crippen molar-refractivity contribution in [3.8, 4) is 5.75 Å². The first-order valence-corrected chi connectivity index (χ1v) is 9.81. The first-order chi connectivity index (χ1) is 13.8. The van der Waals surface area contributed by atoms with E-state index in [-0.39, 0.29) is 12.3 Å². The van der Waals surface area contributed by atoms with Crippen molar-refractivity contribution >= 4 is 46.2 Å². The van der Waals surface area contributed by atoms with Gasteiger partial charge in [0.15, 0.2) is 5.75 Å². The minimum atomic E-state index is -0.449. The Labute approximate surface area is 183 Å². The minimum Gasteiger partial charge on any atom is -0.486 e. The van der Waals surface area contributed by atoms with Crippen LogP contribution in [0.2, 0.25) is 15.1 Å². The molecular formula is C21H17Cl3N2O3. The molecule has 5 nitrogen and oxygen atoms in total. The Balaban J connectivity index is 1.65. The van der Waals surface area contributed by atoms with Gasteiger partial charge in [-0.15, -0.1) is 0 Å². The van der Waals surface area contributed by atoms with Crippen LogP contribution in [0.1, 0.15) is 16.7 Å². The monoisotopic (exact) mass is 450 g/mol. The van der Waals surface area contributed by atoms with Gasteiger partial charge in [0.2, 0.25) is 0 Å². The van der Waals surface area contributed by atoms with Crippen molar-refractivity contribution in [2.45, 2.75) is 20.1 Å². The fraction of sp³-hybridized carbons (Fsp3) is 0.143. The topological polar surface area (TPSA) is 64.4 Å². The minimum absolute atomic E-state index is 0.0246. The number of aryl methyl sites for hydroxylation is 1. The third-order valence-corrected chi connectivity index (χ3v) is 5.23. The molecule has 0 aliphatic heterocycles. The highest BCUT2D eigenvalue weighted by Crippen LogP contribution is 2.35. The predicted molar refractivity (Wildman–Crippen MR) is 117 cm³/mol. The van der Waals surface area contributed by atoms with Gasteiger partial charge in [-0.2, -0.15) is 0 Å². The van der Waals surface area contributed by atoms with Crippen molar-refractivity contribution in [1.82, 2.24) is 0 Å². The predicted octanol–water partition coefficient (Wildman–Crippen LogP) is 7.05. The molecule has 0 bridgehead atoms. The van der Waals surface area contributed by atoms with Crippen molar-refractivity contribution < 1.29 is 9.66 Å². The van der Waals surface area contributed by atoms with Crippen LogP contribution in [0.4, 0.5) is 11.4 Å². The van der Waals surface area contributed by atoms with Crippen LogP contribution in [-0.2, 0) is 13.2 Å². The zero-order valence-electron chi connectivity index (χ0n) is 15.4. The number of ether oxygens (including phenoxy) is 1. The Hall–Kier alpha value is -2.47. The largest absolute Gasteiger partial charge is 0.486 e. The molecule has 29 heavy (non-hydrogen) atoms. The quantitative estimate of drug-likeness (QED) is 0.308. The van der Waals surface area contributed by atoms with Crippen LogP contribution >= 0.6 is 34.8 Å². The van der Waals surface area contributed by atoms with E-state index in [1.54, 1.807) is 24.3 Å². The van der Waals surface area contributed by atoms with Gasteiger partial charge >= 0.3 is 0 Å². The van der Waals surface area contributed by atoms with Crippen molar-refractivity contribution in [1.29, 1.82) is 0 Å². The molecule has 0 unspecified atom stereocenters. The number of rotatable bonds is 7. The maximum Gasteiger partial charge on any atom is 0.269 e. The number of hydrogen-bond acceptors (Lipinski definition) is 4.